The molecule has 2 aliphatic heterocycles. The van der Waals surface area contributed by atoms with Crippen LogP contribution in [0.25, 0.3) is 11.8 Å². The highest BCUT2D eigenvalue weighted by Gasteiger charge is 2.36. The molecule has 3 aromatic rings. The zero-order valence-electron chi connectivity index (χ0n) is 16.3. The fraction of sp³-hybridized carbons (Fsp3) is 0.0417. The number of amidine groups is 2. The Morgan fingerprint density at radius 1 is 1.03 bits per heavy atom. The molecule has 0 atom stereocenters. The van der Waals surface area contributed by atoms with E-state index in [1.54, 1.807) is 11.0 Å². The number of aliphatic imine (C=N–C) groups is 1. The van der Waals surface area contributed by atoms with Crippen LogP contribution in [0.4, 0.5) is 0 Å². The van der Waals surface area contributed by atoms with Crippen LogP contribution in [-0.2, 0) is 11.3 Å². The van der Waals surface area contributed by atoms with E-state index in [0.717, 1.165) is 22.5 Å². The standard InChI is InChI=1S/C24H17ClN4OS/c25-20-11-5-4-9-17(20)14-28-12-6-10-18(28)13-19-22(26)29-21(16-7-2-1-3-8-16)15-31-24(29)27-23(19)30/h1-13,15,26H,14H2/b19-13-,26-22?. The minimum absolute atomic E-state index is 0.126. The predicted molar refractivity (Wildman–Crippen MR) is 127 cm³/mol. The SMILES string of the molecule is N=C1/C(=C/c2cccn2Cc2ccccc2Cl)C(=O)N=C2SC=C(c3ccccc3)N12. The summed E-state index contributed by atoms with van der Waals surface area (Å²) in [6.45, 7) is 0.566. The van der Waals surface area contributed by atoms with E-state index >= 15 is 0 Å². The Hall–Kier alpha value is -3.35. The number of aromatic nitrogens is 1. The first kappa shape index (κ1) is 19.6. The number of fused-ring (bicyclic) bond motifs is 1. The summed E-state index contributed by atoms with van der Waals surface area (Å²) in [4.78, 5) is 18.7. The predicted octanol–water partition coefficient (Wildman–Crippen LogP) is 5.49. The molecule has 0 fully saturated rings. The molecule has 5 rings (SSSR count). The minimum Gasteiger partial charge on any atom is -0.343 e. The highest BCUT2D eigenvalue weighted by atomic mass is 35.5. The smallest absolute Gasteiger partial charge is 0.283 e. The van der Waals surface area contributed by atoms with Crippen LogP contribution in [0.3, 0.4) is 0 Å². The maximum absolute atomic E-state index is 12.8. The third kappa shape index (κ3) is 3.65. The zero-order valence-corrected chi connectivity index (χ0v) is 17.9. The number of nitrogens with zero attached hydrogens (tertiary/aromatic N) is 3. The van der Waals surface area contributed by atoms with Crippen molar-refractivity contribution in [3.05, 3.63) is 106 Å². The van der Waals surface area contributed by atoms with Gasteiger partial charge in [0.25, 0.3) is 5.91 Å². The minimum atomic E-state index is -0.406. The fourth-order valence-electron chi connectivity index (χ4n) is 3.57. The number of carbonyl (C=O) groups is 1. The number of thioether (sulfide) groups is 1. The van der Waals surface area contributed by atoms with Gasteiger partial charge >= 0.3 is 0 Å². The summed E-state index contributed by atoms with van der Waals surface area (Å²) in [6.07, 6.45) is 3.66. The second-order valence-electron chi connectivity index (χ2n) is 7.08. The van der Waals surface area contributed by atoms with E-state index in [1.165, 1.54) is 11.8 Å². The Balaban J connectivity index is 1.49. The van der Waals surface area contributed by atoms with Crippen LogP contribution in [0.2, 0.25) is 5.02 Å². The van der Waals surface area contributed by atoms with Gasteiger partial charge in [-0.15, -0.1) is 0 Å². The van der Waals surface area contributed by atoms with Crippen molar-refractivity contribution in [3.8, 4) is 0 Å². The highest BCUT2D eigenvalue weighted by Crippen LogP contribution is 2.37. The molecule has 1 aromatic heterocycles. The average molecular weight is 445 g/mol. The second-order valence-corrected chi connectivity index (χ2v) is 8.32. The first-order valence-corrected chi connectivity index (χ1v) is 10.9. The Kier molecular flexibility index (Phi) is 5.10. The summed E-state index contributed by atoms with van der Waals surface area (Å²) in [5.41, 5.74) is 3.87. The van der Waals surface area contributed by atoms with Gasteiger partial charge in [0, 0.05) is 28.9 Å². The van der Waals surface area contributed by atoms with Crippen molar-refractivity contribution in [1.82, 2.24) is 9.47 Å². The van der Waals surface area contributed by atoms with Gasteiger partial charge in [0.2, 0.25) is 0 Å². The Bertz CT molecular complexity index is 1290. The molecule has 0 saturated heterocycles. The third-order valence-electron chi connectivity index (χ3n) is 5.14. The number of nitrogens with one attached hydrogen (secondary N) is 1. The number of benzene rings is 2. The molecule has 0 saturated carbocycles. The monoisotopic (exact) mass is 444 g/mol. The lowest BCUT2D eigenvalue weighted by Crippen LogP contribution is -2.38. The number of amides is 1. The molecule has 0 unspecified atom stereocenters. The Morgan fingerprint density at radius 2 is 1.81 bits per heavy atom. The molecular weight excluding hydrogens is 428 g/mol. The number of hydrogen-bond acceptors (Lipinski definition) is 3. The Morgan fingerprint density at radius 3 is 2.61 bits per heavy atom. The number of rotatable bonds is 4. The molecule has 2 aromatic carbocycles. The van der Waals surface area contributed by atoms with E-state index in [4.69, 9.17) is 17.0 Å². The van der Waals surface area contributed by atoms with Gasteiger partial charge in [0.15, 0.2) is 5.17 Å². The van der Waals surface area contributed by atoms with Gasteiger partial charge in [-0.25, -0.2) is 0 Å². The molecule has 3 heterocycles. The molecule has 0 spiro atoms. The van der Waals surface area contributed by atoms with Gasteiger partial charge in [-0.3, -0.25) is 15.1 Å². The molecule has 31 heavy (non-hydrogen) atoms. The summed E-state index contributed by atoms with van der Waals surface area (Å²) in [5, 5.41) is 11.9. The van der Waals surface area contributed by atoms with Crippen LogP contribution >= 0.6 is 23.4 Å². The third-order valence-corrected chi connectivity index (χ3v) is 6.33. The molecule has 5 nitrogen and oxygen atoms in total. The number of carbonyl (C=O) groups excluding carboxylic acids is 1. The summed E-state index contributed by atoms with van der Waals surface area (Å²) in [5.74, 6) is -0.280. The van der Waals surface area contributed by atoms with Crippen molar-refractivity contribution in [1.29, 1.82) is 5.41 Å². The van der Waals surface area contributed by atoms with Gasteiger partial charge in [-0.05, 0) is 35.4 Å². The number of hydrogen-bond donors (Lipinski definition) is 1. The molecule has 152 valence electrons. The van der Waals surface area contributed by atoms with Crippen LogP contribution in [0.5, 0.6) is 0 Å². The van der Waals surface area contributed by atoms with E-state index < -0.39 is 5.91 Å². The quantitative estimate of drug-likeness (QED) is 0.541. The van der Waals surface area contributed by atoms with Gasteiger partial charge in [0.05, 0.1) is 11.3 Å². The largest absolute Gasteiger partial charge is 0.343 e. The van der Waals surface area contributed by atoms with Crippen LogP contribution in [0.15, 0.2) is 88.9 Å². The van der Waals surface area contributed by atoms with Crippen molar-refractivity contribution in [2.45, 2.75) is 6.54 Å². The summed E-state index contributed by atoms with van der Waals surface area (Å²) in [7, 11) is 0. The van der Waals surface area contributed by atoms with Gasteiger partial charge in [-0.2, -0.15) is 4.99 Å². The van der Waals surface area contributed by atoms with Crippen LogP contribution < -0.4 is 0 Å². The summed E-state index contributed by atoms with van der Waals surface area (Å²) >= 11 is 7.68. The molecule has 1 amide bonds. The average Bonchev–Trinajstić information content (AvgIpc) is 3.40. The van der Waals surface area contributed by atoms with E-state index in [0.29, 0.717) is 16.7 Å². The molecule has 0 aliphatic carbocycles. The van der Waals surface area contributed by atoms with E-state index in [-0.39, 0.29) is 11.4 Å². The second kappa shape index (κ2) is 8.06. The molecule has 0 radical (unpaired) electrons. The maximum atomic E-state index is 12.8. The maximum Gasteiger partial charge on any atom is 0.283 e. The van der Waals surface area contributed by atoms with Gasteiger partial charge < -0.3 is 4.57 Å². The zero-order chi connectivity index (χ0) is 21.4. The van der Waals surface area contributed by atoms with E-state index in [2.05, 4.69) is 4.99 Å². The van der Waals surface area contributed by atoms with Crippen molar-refractivity contribution in [2.75, 3.05) is 0 Å². The molecule has 0 bridgehead atoms. The lowest BCUT2D eigenvalue weighted by molar-refractivity contribution is -0.114. The molecule has 1 N–H and O–H groups in total. The molecular formula is C24H17ClN4OS. The van der Waals surface area contributed by atoms with Crippen molar-refractivity contribution in [3.63, 3.8) is 0 Å². The first-order chi connectivity index (χ1) is 15.1. The van der Waals surface area contributed by atoms with Gasteiger partial charge in [0.1, 0.15) is 5.84 Å². The lowest BCUT2D eigenvalue weighted by Gasteiger charge is -2.27. The topological polar surface area (TPSA) is 61.5 Å². The summed E-state index contributed by atoms with van der Waals surface area (Å²) in [6, 6.07) is 21.3. The molecule has 2 aliphatic rings. The highest BCUT2D eigenvalue weighted by molar-refractivity contribution is 8.17. The Labute approximate surface area is 188 Å². The van der Waals surface area contributed by atoms with E-state index in [1.807, 2.05) is 82.9 Å². The first-order valence-electron chi connectivity index (χ1n) is 9.66. The van der Waals surface area contributed by atoms with Crippen LogP contribution in [0, 0.1) is 5.41 Å². The van der Waals surface area contributed by atoms with Crippen LogP contribution in [-0.4, -0.2) is 26.4 Å². The molecule has 7 heteroatoms. The lowest BCUT2D eigenvalue weighted by atomic mass is 10.1. The van der Waals surface area contributed by atoms with Crippen molar-refractivity contribution in [2.24, 2.45) is 4.99 Å². The van der Waals surface area contributed by atoms with E-state index in [9.17, 15) is 4.79 Å². The van der Waals surface area contributed by atoms with Crippen molar-refractivity contribution < 1.29 is 4.79 Å². The normalized spacial score (nSPS) is 17.1. The fourth-order valence-corrected chi connectivity index (χ4v) is 4.66. The van der Waals surface area contributed by atoms with Gasteiger partial charge in [-0.1, -0.05) is 71.9 Å². The van der Waals surface area contributed by atoms with Crippen molar-refractivity contribution >= 4 is 52.0 Å². The van der Waals surface area contributed by atoms with Crippen LogP contribution in [0.1, 0.15) is 16.8 Å². The number of halogens is 1. The summed E-state index contributed by atoms with van der Waals surface area (Å²) < 4.78 is 2.00.